The first-order valence-corrected chi connectivity index (χ1v) is 9.92. The summed E-state index contributed by atoms with van der Waals surface area (Å²) in [6, 6.07) is 8.18. The summed E-state index contributed by atoms with van der Waals surface area (Å²) < 4.78 is 11.1. The molecule has 0 aliphatic heterocycles. The Bertz CT molecular complexity index is 581. The fourth-order valence-electron chi connectivity index (χ4n) is 4.57. The average molecular weight is 360 g/mol. The number of benzene rings is 1. The largest absolute Gasteiger partial charge is 0.497 e. The number of nitrogens with one attached hydrogen (secondary N) is 2. The highest BCUT2D eigenvalue weighted by Gasteiger charge is 2.55. The molecular formula is C21H32N2O3. The summed E-state index contributed by atoms with van der Waals surface area (Å²) in [6.07, 6.45) is 7.74. The van der Waals surface area contributed by atoms with Crippen LogP contribution in [-0.4, -0.2) is 38.3 Å². The molecule has 0 radical (unpaired) electrons. The molecule has 3 rings (SSSR count). The van der Waals surface area contributed by atoms with Crippen LogP contribution in [0, 0.1) is 5.41 Å². The molecule has 2 aliphatic rings. The van der Waals surface area contributed by atoms with Crippen LogP contribution >= 0.6 is 0 Å². The third-order valence-corrected chi connectivity index (χ3v) is 6.10. The zero-order valence-electron chi connectivity index (χ0n) is 16.1. The van der Waals surface area contributed by atoms with Crippen LogP contribution in [0.2, 0.25) is 0 Å². The van der Waals surface area contributed by atoms with Crippen molar-refractivity contribution >= 4 is 5.91 Å². The number of amides is 1. The lowest BCUT2D eigenvalue weighted by molar-refractivity contribution is -0.151. The molecule has 2 unspecified atom stereocenters. The molecule has 0 bridgehead atoms. The second-order valence-corrected chi connectivity index (χ2v) is 7.53. The van der Waals surface area contributed by atoms with Crippen molar-refractivity contribution in [3.05, 3.63) is 29.8 Å². The highest BCUT2D eigenvalue weighted by atomic mass is 16.5. The van der Waals surface area contributed by atoms with Gasteiger partial charge in [-0.3, -0.25) is 4.79 Å². The van der Waals surface area contributed by atoms with Crippen LogP contribution in [0.5, 0.6) is 5.75 Å². The molecule has 0 heterocycles. The third kappa shape index (κ3) is 4.21. The molecule has 1 amide bonds. The van der Waals surface area contributed by atoms with Crippen LogP contribution in [0.4, 0.5) is 0 Å². The van der Waals surface area contributed by atoms with E-state index in [4.69, 9.17) is 9.47 Å². The molecule has 26 heavy (non-hydrogen) atoms. The quantitative estimate of drug-likeness (QED) is 0.748. The third-order valence-electron chi connectivity index (χ3n) is 6.10. The monoisotopic (exact) mass is 360 g/mol. The average Bonchev–Trinajstić information content (AvgIpc) is 2.69. The van der Waals surface area contributed by atoms with E-state index in [1.54, 1.807) is 7.11 Å². The predicted octanol–water partition coefficient (Wildman–Crippen LogP) is 3.03. The number of methoxy groups -OCH3 is 1. The fourth-order valence-corrected chi connectivity index (χ4v) is 4.57. The lowest BCUT2D eigenvalue weighted by Gasteiger charge is -2.58. The first kappa shape index (κ1) is 19.2. The van der Waals surface area contributed by atoms with Gasteiger partial charge in [0.05, 0.1) is 19.8 Å². The first-order chi connectivity index (χ1) is 12.7. The molecule has 1 aromatic rings. The molecular weight excluding hydrogens is 328 g/mol. The fraction of sp³-hybridized carbons (Fsp3) is 0.667. The van der Waals surface area contributed by atoms with Crippen molar-refractivity contribution in [2.24, 2.45) is 5.41 Å². The minimum Gasteiger partial charge on any atom is -0.497 e. The smallest absolute Gasteiger partial charge is 0.234 e. The van der Waals surface area contributed by atoms with E-state index in [1.807, 2.05) is 24.3 Å². The van der Waals surface area contributed by atoms with Crippen LogP contribution in [0.3, 0.4) is 0 Å². The molecule has 1 spiro atoms. The molecule has 5 nitrogen and oxygen atoms in total. The van der Waals surface area contributed by atoms with Crippen LogP contribution in [0.1, 0.15) is 51.0 Å². The van der Waals surface area contributed by atoms with Crippen molar-refractivity contribution in [3.63, 3.8) is 0 Å². The van der Waals surface area contributed by atoms with E-state index in [0.29, 0.717) is 25.2 Å². The highest BCUT2D eigenvalue weighted by molar-refractivity contribution is 5.78. The van der Waals surface area contributed by atoms with Crippen molar-refractivity contribution in [1.29, 1.82) is 0 Å². The summed E-state index contributed by atoms with van der Waals surface area (Å²) in [5.74, 6) is 0.875. The minimum atomic E-state index is 0.0478. The summed E-state index contributed by atoms with van der Waals surface area (Å²) in [5, 5.41) is 6.50. The molecule has 2 N–H and O–H groups in total. The van der Waals surface area contributed by atoms with Crippen LogP contribution in [0.15, 0.2) is 24.3 Å². The zero-order valence-corrected chi connectivity index (χ0v) is 16.1. The number of hydrogen-bond donors (Lipinski definition) is 2. The van der Waals surface area contributed by atoms with Crippen molar-refractivity contribution < 1.29 is 14.3 Å². The molecule has 2 aliphatic carbocycles. The summed E-state index contributed by atoms with van der Waals surface area (Å²) in [7, 11) is 1.65. The van der Waals surface area contributed by atoms with Gasteiger partial charge in [-0.05, 0) is 43.9 Å². The summed E-state index contributed by atoms with van der Waals surface area (Å²) in [4.78, 5) is 12.2. The normalized spacial score (nSPS) is 24.1. The number of carbonyl (C=O) groups is 1. The van der Waals surface area contributed by atoms with E-state index in [0.717, 1.165) is 24.3 Å². The molecule has 2 atom stereocenters. The van der Waals surface area contributed by atoms with E-state index in [2.05, 4.69) is 17.6 Å². The molecule has 5 heteroatoms. The summed E-state index contributed by atoms with van der Waals surface area (Å²) in [6.45, 7) is 3.77. The van der Waals surface area contributed by atoms with Crippen LogP contribution < -0.4 is 15.4 Å². The van der Waals surface area contributed by atoms with Gasteiger partial charge in [0.15, 0.2) is 0 Å². The SMILES string of the molecule is CCOC1CC(NCC(=O)NCc2ccc(OC)cc2)C12CCCCC2. The highest BCUT2D eigenvalue weighted by Crippen LogP contribution is 2.53. The Morgan fingerprint density at radius 2 is 1.92 bits per heavy atom. The van der Waals surface area contributed by atoms with Gasteiger partial charge in [-0.1, -0.05) is 31.4 Å². The molecule has 2 saturated carbocycles. The number of ether oxygens (including phenoxy) is 2. The number of rotatable bonds is 8. The topological polar surface area (TPSA) is 59.6 Å². The lowest BCUT2D eigenvalue weighted by atomic mass is 9.55. The Morgan fingerprint density at radius 1 is 1.19 bits per heavy atom. The van der Waals surface area contributed by atoms with Crippen molar-refractivity contribution in [3.8, 4) is 5.75 Å². The Hall–Kier alpha value is -1.59. The Balaban J connectivity index is 1.44. The Morgan fingerprint density at radius 3 is 2.58 bits per heavy atom. The van der Waals surface area contributed by atoms with Gasteiger partial charge < -0.3 is 20.1 Å². The summed E-state index contributed by atoms with van der Waals surface area (Å²) in [5.41, 5.74) is 1.33. The van der Waals surface area contributed by atoms with Crippen LogP contribution in [0.25, 0.3) is 0 Å². The van der Waals surface area contributed by atoms with Crippen molar-refractivity contribution in [1.82, 2.24) is 10.6 Å². The van der Waals surface area contributed by atoms with Gasteiger partial charge in [0.25, 0.3) is 0 Å². The number of carbonyl (C=O) groups excluding carboxylic acids is 1. The maximum absolute atomic E-state index is 12.2. The van der Waals surface area contributed by atoms with E-state index in [9.17, 15) is 4.79 Å². The van der Waals surface area contributed by atoms with Gasteiger partial charge in [-0.25, -0.2) is 0 Å². The first-order valence-electron chi connectivity index (χ1n) is 9.92. The lowest BCUT2D eigenvalue weighted by Crippen LogP contribution is -2.65. The predicted molar refractivity (Wildman–Crippen MR) is 102 cm³/mol. The van der Waals surface area contributed by atoms with E-state index >= 15 is 0 Å². The van der Waals surface area contributed by atoms with Gasteiger partial charge in [-0.2, -0.15) is 0 Å². The molecule has 144 valence electrons. The molecule has 2 fully saturated rings. The maximum Gasteiger partial charge on any atom is 0.234 e. The minimum absolute atomic E-state index is 0.0478. The van der Waals surface area contributed by atoms with Crippen LogP contribution in [-0.2, 0) is 16.1 Å². The van der Waals surface area contributed by atoms with Crippen molar-refractivity contribution in [2.45, 2.75) is 64.1 Å². The number of hydrogen-bond acceptors (Lipinski definition) is 4. The van der Waals surface area contributed by atoms with E-state index in [-0.39, 0.29) is 11.3 Å². The Kier molecular flexibility index (Phi) is 6.54. The molecule has 0 saturated heterocycles. The summed E-state index contributed by atoms with van der Waals surface area (Å²) >= 11 is 0. The van der Waals surface area contributed by atoms with E-state index < -0.39 is 0 Å². The molecule has 1 aromatic carbocycles. The zero-order chi connectivity index (χ0) is 18.4. The van der Waals surface area contributed by atoms with Gasteiger partial charge in [0.1, 0.15) is 5.75 Å². The standard InChI is InChI=1S/C21H32N2O3/c1-3-26-19-13-18(21(19)11-5-4-6-12-21)22-15-20(24)23-14-16-7-9-17(25-2)10-8-16/h7-10,18-19,22H,3-6,11-15H2,1-2H3,(H,23,24). The van der Waals surface area contributed by atoms with Gasteiger partial charge in [0, 0.05) is 24.6 Å². The maximum atomic E-state index is 12.2. The second kappa shape index (κ2) is 8.87. The van der Waals surface area contributed by atoms with E-state index in [1.165, 1.54) is 32.1 Å². The van der Waals surface area contributed by atoms with Crippen molar-refractivity contribution in [2.75, 3.05) is 20.3 Å². The van der Waals surface area contributed by atoms with Gasteiger partial charge >= 0.3 is 0 Å². The van der Waals surface area contributed by atoms with Gasteiger partial charge in [0.2, 0.25) is 5.91 Å². The Labute approximate surface area is 156 Å². The van der Waals surface area contributed by atoms with Gasteiger partial charge in [-0.15, -0.1) is 0 Å². The second-order valence-electron chi connectivity index (χ2n) is 7.53. The molecule has 0 aromatic heterocycles.